The maximum atomic E-state index is 14.3. The average molecular weight is 563 g/mol. The number of carbonyl (C=O) groups excluding carboxylic acids is 3. The molecule has 1 spiro atoms. The molecule has 0 aromatic heterocycles. The van der Waals surface area contributed by atoms with Gasteiger partial charge in [0.1, 0.15) is 11.6 Å². The zero-order chi connectivity index (χ0) is 28.7. The summed E-state index contributed by atoms with van der Waals surface area (Å²) < 4.78 is 6.55. The number of aryl methyl sites for hydroxylation is 1. The Morgan fingerprint density at radius 1 is 1.02 bits per heavy atom. The molecule has 1 aromatic carbocycles. The number of anilines is 1. The Kier molecular flexibility index (Phi) is 7.98. The summed E-state index contributed by atoms with van der Waals surface area (Å²) in [6.45, 7) is 9.67. The van der Waals surface area contributed by atoms with Crippen molar-refractivity contribution in [1.82, 2.24) is 15.1 Å². The van der Waals surface area contributed by atoms with Crippen LogP contribution in [-0.4, -0.2) is 77.5 Å². The fourth-order valence-electron chi connectivity index (χ4n) is 8.11. The van der Waals surface area contributed by atoms with E-state index in [2.05, 4.69) is 29.4 Å². The molecule has 3 amide bonds. The number of benzene rings is 1. The zero-order valence-corrected chi connectivity index (χ0v) is 24.8. The summed E-state index contributed by atoms with van der Waals surface area (Å²) in [6.07, 6.45) is 11.3. The highest BCUT2D eigenvalue weighted by atomic mass is 16.5. The summed E-state index contributed by atoms with van der Waals surface area (Å²) in [6, 6.07) is 6.96. The molecule has 8 nitrogen and oxygen atoms in total. The van der Waals surface area contributed by atoms with Gasteiger partial charge in [-0.05, 0) is 68.8 Å². The molecule has 41 heavy (non-hydrogen) atoms. The number of carbonyl (C=O) groups is 3. The number of hydrogen-bond donors (Lipinski definition) is 2. The van der Waals surface area contributed by atoms with Crippen molar-refractivity contribution in [3.8, 4) is 0 Å². The van der Waals surface area contributed by atoms with Crippen molar-refractivity contribution < 1.29 is 19.1 Å². The maximum absolute atomic E-state index is 14.3. The molecule has 2 N–H and O–H groups in total. The fraction of sp³-hybridized carbons (Fsp3) is 0.667. The molecular formula is C33H46N4O4. The molecule has 2 bridgehead atoms. The number of rotatable bonds is 7. The predicted octanol–water partition coefficient (Wildman–Crippen LogP) is 3.90. The number of amides is 3. The third-order valence-corrected chi connectivity index (χ3v) is 10.6. The van der Waals surface area contributed by atoms with Gasteiger partial charge in [-0.2, -0.15) is 0 Å². The monoisotopic (exact) mass is 562 g/mol. The van der Waals surface area contributed by atoms with Crippen LogP contribution in [0.15, 0.2) is 36.4 Å². The van der Waals surface area contributed by atoms with E-state index in [1.807, 2.05) is 43.3 Å². The first-order valence-corrected chi connectivity index (χ1v) is 15.9. The number of fused-ring (bicyclic) bond motifs is 1. The summed E-state index contributed by atoms with van der Waals surface area (Å²) in [5.74, 6) is -1.00. The summed E-state index contributed by atoms with van der Waals surface area (Å²) in [5, 5.41) is 6.39. The summed E-state index contributed by atoms with van der Waals surface area (Å²) >= 11 is 0. The van der Waals surface area contributed by atoms with Gasteiger partial charge in [0.2, 0.25) is 17.7 Å². The number of likely N-dealkylation sites (tertiary alicyclic amines) is 2. The minimum atomic E-state index is -1.12. The van der Waals surface area contributed by atoms with E-state index in [0.717, 1.165) is 50.9 Å². The molecule has 3 saturated heterocycles. The molecule has 8 atom stereocenters. The largest absolute Gasteiger partial charge is 0.359 e. The van der Waals surface area contributed by atoms with Gasteiger partial charge in [0.25, 0.3) is 0 Å². The van der Waals surface area contributed by atoms with E-state index in [1.54, 1.807) is 4.90 Å². The van der Waals surface area contributed by atoms with Crippen LogP contribution in [0.4, 0.5) is 5.69 Å². The predicted molar refractivity (Wildman–Crippen MR) is 158 cm³/mol. The first-order valence-electron chi connectivity index (χ1n) is 15.9. The smallest absolute Gasteiger partial charge is 0.246 e. The number of nitrogens with zero attached hydrogens (tertiary/aromatic N) is 2. The van der Waals surface area contributed by atoms with Crippen LogP contribution in [-0.2, 0) is 19.1 Å². The Morgan fingerprint density at radius 2 is 1.80 bits per heavy atom. The van der Waals surface area contributed by atoms with E-state index in [1.165, 1.54) is 19.3 Å². The molecule has 4 heterocycles. The van der Waals surface area contributed by atoms with Gasteiger partial charge >= 0.3 is 0 Å². The van der Waals surface area contributed by atoms with Crippen LogP contribution in [0.3, 0.4) is 0 Å². The second-order valence-corrected chi connectivity index (χ2v) is 13.2. The first kappa shape index (κ1) is 28.4. The minimum Gasteiger partial charge on any atom is -0.359 e. The lowest BCUT2D eigenvalue weighted by Crippen LogP contribution is -2.58. The second-order valence-electron chi connectivity index (χ2n) is 13.2. The van der Waals surface area contributed by atoms with Gasteiger partial charge < -0.3 is 25.2 Å². The Hall–Kier alpha value is -2.71. The van der Waals surface area contributed by atoms with Crippen LogP contribution in [0, 0.1) is 30.6 Å². The molecule has 5 aliphatic rings. The van der Waals surface area contributed by atoms with Gasteiger partial charge in [-0.25, -0.2) is 0 Å². The van der Waals surface area contributed by atoms with Crippen molar-refractivity contribution in [2.45, 2.75) is 89.5 Å². The molecule has 1 aliphatic carbocycles. The minimum absolute atomic E-state index is 0.0762. The molecule has 8 heteroatoms. The lowest BCUT2D eigenvalue weighted by atomic mass is 9.73. The highest BCUT2D eigenvalue weighted by Crippen LogP contribution is 2.55. The molecule has 222 valence electrons. The third kappa shape index (κ3) is 5.22. The van der Waals surface area contributed by atoms with E-state index in [4.69, 9.17) is 4.74 Å². The van der Waals surface area contributed by atoms with E-state index < -0.39 is 29.6 Å². The first-order chi connectivity index (χ1) is 19.8. The van der Waals surface area contributed by atoms with Gasteiger partial charge in [0.15, 0.2) is 0 Å². The van der Waals surface area contributed by atoms with Crippen molar-refractivity contribution in [2.24, 2.45) is 23.7 Å². The topological polar surface area (TPSA) is 91.0 Å². The van der Waals surface area contributed by atoms with Crippen molar-refractivity contribution in [2.75, 3.05) is 31.5 Å². The number of nitrogens with one attached hydrogen (secondary N) is 2. The molecule has 8 unspecified atom stereocenters. The van der Waals surface area contributed by atoms with Gasteiger partial charge in [0.05, 0.1) is 17.9 Å². The Morgan fingerprint density at radius 3 is 2.56 bits per heavy atom. The van der Waals surface area contributed by atoms with Crippen LogP contribution in [0.2, 0.25) is 0 Å². The van der Waals surface area contributed by atoms with Gasteiger partial charge in [0, 0.05) is 24.8 Å². The average Bonchev–Trinajstić information content (AvgIpc) is 3.49. The number of ether oxygens (including phenoxy) is 1. The Balaban J connectivity index is 1.27. The lowest BCUT2D eigenvalue weighted by Gasteiger charge is -2.38. The molecule has 6 rings (SSSR count). The maximum Gasteiger partial charge on any atom is 0.246 e. The third-order valence-electron chi connectivity index (χ3n) is 10.6. The van der Waals surface area contributed by atoms with Crippen molar-refractivity contribution in [1.29, 1.82) is 0 Å². The summed E-state index contributed by atoms with van der Waals surface area (Å²) in [7, 11) is 0. The van der Waals surface area contributed by atoms with E-state index in [-0.39, 0.29) is 23.8 Å². The second kappa shape index (κ2) is 11.5. The van der Waals surface area contributed by atoms with Crippen LogP contribution in [0.5, 0.6) is 0 Å². The van der Waals surface area contributed by atoms with Gasteiger partial charge in [-0.15, -0.1) is 0 Å². The lowest BCUT2D eigenvalue weighted by molar-refractivity contribution is -0.141. The Labute approximate surface area is 244 Å². The van der Waals surface area contributed by atoms with Crippen LogP contribution < -0.4 is 10.6 Å². The van der Waals surface area contributed by atoms with E-state index >= 15 is 0 Å². The zero-order valence-electron chi connectivity index (χ0n) is 24.8. The SMILES string of the molecule is Cc1cccc(NC(=O)C2C3C=CC4(O3)C2C(=O)N(CCN2CCCCCC2)C4C(=O)NC2CCCC(C)C2C)c1. The highest BCUT2D eigenvalue weighted by Gasteiger charge is 2.72. The standard InChI is InChI=1S/C33H46N4O4/c1-21-10-8-12-24(20-21)34-30(38)27-26-14-15-33(41-26)28(27)32(40)37(19-18-36-16-6-4-5-7-17-36)29(33)31(39)35-25-13-9-11-22(2)23(25)3/h8,10,12,14-15,20,22-23,25-29H,4-7,9,11,13,16-19H2,1-3H3,(H,34,38)(H,35,39). The normalized spacial score (nSPS) is 36.7. The quantitative estimate of drug-likeness (QED) is 0.492. The van der Waals surface area contributed by atoms with Crippen LogP contribution in [0.25, 0.3) is 0 Å². The molecule has 1 aromatic rings. The summed E-state index contributed by atoms with van der Waals surface area (Å²) in [4.78, 5) is 46.4. The molecule has 0 radical (unpaired) electrons. The van der Waals surface area contributed by atoms with E-state index in [0.29, 0.717) is 24.1 Å². The molecule has 4 fully saturated rings. The van der Waals surface area contributed by atoms with E-state index in [9.17, 15) is 14.4 Å². The van der Waals surface area contributed by atoms with Crippen LogP contribution >= 0.6 is 0 Å². The van der Waals surface area contributed by atoms with Gasteiger partial charge in [-0.3, -0.25) is 14.4 Å². The Bertz CT molecular complexity index is 1190. The molecular weight excluding hydrogens is 516 g/mol. The number of hydrogen-bond acceptors (Lipinski definition) is 5. The fourth-order valence-corrected chi connectivity index (χ4v) is 8.11. The van der Waals surface area contributed by atoms with Crippen molar-refractivity contribution >= 4 is 23.4 Å². The molecule has 1 saturated carbocycles. The summed E-state index contributed by atoms with van der Waals surface area (Å²) in [5.41, 5.74) is 0.625. The molecule has 4 aliphatic heterocycles. The van der Waals surface area contributed by atoms with Crippen molar-refractivity contribution in [3.05, 3.63) is 42.0 Å². The van der Waals surface area contributed by atoms with Gasteiger partial charge in [-0.1, -0.05) is 63.8 Å². The van der Waals surface area contributed by atoms with Crippen molar-refractivity contribution in [3.63, 3.8) is 0 Å². The van der Waals surface area contributed by atoms with Crippen LogP contribution in [0.1, 0.15) is 64.4 Å². The highest BCUT2D eigenvalue weighted by molar-refractivity contribution is 6.02.